The summed E-state index contributed by atoms with van der Waals surface area (Å²) in [7, 11) is 0. The number of piperazine rings is 1. The Hall–Kier alpha value is -3.54. The quantitative estimate of drug-likeness (QED) is 0.612. The Kier molecular flexibility index (Phi) is 5.44. The van der Waals surface area contributed by atoms with Gasteiger partial charge in [0.1, 0.15) is 18.4 Å². The number of hydrogen-bond acceptors (Lipinski definition) is 8. The van der Waals surface area contributed by atoms with E-state index in [2.05, 4.69) is 40.3 Å². The third kappa shape index (κ3) is 4.01. The van der Waals surface area contributed by atoms with Gasteiger partial charge in [-0.1, -0.05) is 11.2 Å². The summed E-state index contributed by atoms with van der Waals surface area (Å²) in [5, 5.41) is 17.0. The van der Waals surface area contributed by atoms with E-state index in [-0.39, 0.29) is 12.0 Å². The van der Waals surface area contributed by atoms with Gasteiger partial charge < -0.3 is 14.6 Å². The third-order valence-corrected chi connectivity index (χ3v) is 6.47. The van der Waals surface area contributed by atoms with Crippen LogP contribution in [-0.2, 0) is 17.9 Å². The zero-order valence-electron chi connectivity index (χ0n) is 18.9. The van der Waals surface area contributed by atoms with E-state index in [0.717, 1.165) is 35.5 Å². The molecule has 2 atom stereocenters. The highest BCUT2D eigenvalue weighted by Gasteiger charge is 2.30. The molecule has 0 spiro atoms. The number of hydrogen-bond donors (Lipinski definition) is 1. The molecule has 0 amide bonds. The van der Waals surface area contributed by atoms with E-state index in [1.54, 1.807) is 6.20 Å². The minimum atomic E-state index is -0.237. The van der Waals surface area contributed by atoms with Crippen molar-refractivity contribution < 1.29 is 14.1 Å². The molecular weight excluding hydrogens is 418 g/mol. The molecule has 1 N–H and O–H groups in total. The van der Waals surface area contributed by atoms with Crippen molar-refractivity contribution in [2.45, 2.75) is 46.0 Å². The maximum absolute atomic E-state index is 11.9. The molecule has 2 aliphatic rings. The second-order valence-electron chi connectivity index (χ2n) is 8.87. The van der Waals surface area contributed by atoms with Crippen molar-refractivity contribution in [2.75, 3.05) is 13.1 Å². The lowest BCUT2D eigenvalue weighted by Crippen LogP contribution is -2.50. The Morgan fingerprint density at radius 2 is 2.09 bits per heavy atom. The van der Waals surface area contributed by atoms with Crippen LogP contribution in [0, 0.1) is 25.2 Å². The van der Waals surface area contributed by atoms with Crippen LogP contribution in [0.3, 0.4) is 0 Å². The number of aromatic nitrogens is 2. The van der Waals surface area contributed by atoms with Crippen LogP contribution in [0.1, 0.15) is 56.9 Å². The normalized spacial score (nSPS) is 20.4. The van der Waals surface area contributed by atoms with Crippen molar-refractivity contribution in [3.05, 3.63) is 69.6 Å². The zero-order chi connectivity index (χ0) is 23.1. The monoisotopic (exact) mass is 443 g/mol. The minimum Gasteiger partial charge on any atom is -0.457 e. The molecule has 33 heavy (non-hydrogen) atoms. The molecule has 2 aromatic heterocycles. The molecule has 2 aliphatic heterocycles. The first-order valence-corrected chi connectivity index (χ1v) is 11.0. The van der Waals surface area contributed by atoms with Gasteiger partial charge in [0.25, 0.3) is 0 Å². The average Bonchev–Trinajstić information content (AvgIpc) is 3.41. The molecule has 0 radical (unpaired) electrons. The van der Waals surface area contributed by atoms with Crippen molar-refractivity contribution >= 4 is 5.97 Å². The smallest absolute Gasteiger partial charge is 0.338 e. The number of nitriles is 1. The highest BCUT2D eigenvalue weighted by atomic mass is 16.5. The summed E-state index contributed by atoms with van der Waals surface area (Å²) in [4.78, 5) is 18.6. The van der Waals surface area contributed by atoms with Crippen LogP contribution < -0.4 is 5.32 Å². The molecule has 8 nitrogen and oxygen atoms in total. The van der Waals surface area contributed by atoms with Crippen LogP contribution in [0.25, 0.3) is 11.4 Å². The van der Waals surface area contributed by atoms with Gasteiger partial charge in [0.15, 0.2) is 5.76 Å². The molecule has 4 heterocycles. The summed E-state index contributed by atoms with van der Waals surface area (Å²) in [5.41, 5.74) is 6.76. The molecule has 0 saturated carbocycles. The molecule has 8 heteroatoms. The number of rotatable bonds is 4. The van der Waals surface area contributed by atoms with Gasteiger partial charge in [0.05, 0.1) is 23.4 Å². The second-order valence-corrected chi connectivity index (χ2v) is 8.87. The number of carbonyl (C=O) groups excluding carboxylic acids is 1. The lowest BCUT2D eigenvalue weighted by atomic mass is 9.92. The van der Waals surface area contributed by atoms with Gasteiger partial charge in [-0.2, -0.15) is 5.26 Å². The summed E-state index contributed by atoms with van der Waals surface area (Å²) >= 11 is 0. The number of esters is 1. The van der Waals surface area contributed by atoms with Gasteiger partial charge in [-0.05, 0) is 49.6 Å². The zero-order valence-corrected chi connectivity index (χ0v) is 18.9. The summed E-state index contributed by atoms with van der Waals surface area (Å²) < 4.78 is 10.8. The van der Waals surface area contributed by atoms with Gasteiger partial charge in [-0.15, -0.1) is 0 Å². The molecule has 0 unspecified atom stereocenters. The van der Waals surface area contributed by atoms with E-state index in [1.807, 2.05) is 31.2 Å². The Morgan fingerprint density at radius 1 is 1.24 bits per heavy atom. The molecule has 0 aliphatic carbocycles. The van der Waals surface area contributed by atoms with Crippen LogP contribution in [0.15, 0.2) is 35.0 Å². The van der Waals surface area contributed by atoms with Crippen molar-refractivity contribution in [1.82, 2.24) is 20.4 Å². The van der Waals surface area contributed by atoms with Gasteiger partial charge >= 0.3 is 5.97 Å². The molecule has 1 aromatic carbocycles. The number of pyridine rings is 1. The van der Waals surface area contributed by atoms with Crippen LogP contribution >= 0.6 is 0 Å². The van der Waals surface area contributed by atoms with Gasteiger partial charge in [0.2, 0.25) is 0 Å². The molecule has 3 aromatic rings. The maximum Gasteiger partial charge on any atom is 0.338 e. The van der Waals surface area contributed by atoms with Crippen molar-refractivity contribution in [1.29, 1.82) is 5.26 Å². The molecule has 0 bridgehead atoms. The summed E-state index contributed by atoms with van der Waals surface area (Å²) in [6, 6.07) is 10.3. The number of aryl methyl sites for hydroxylation is 1. The highest BCUT2D eigenvalue weighted by molar-refractivity contribution is 5.94. The fraction of sp³-hybridized carbons (Fsp3) is 0.360. The highest BCUT2D eigenvalue weighted by Crippen LogP contribution is 2.31. The predicted molar refractivity (Wildman–Crippen MR) is 120 cm³/mol. The van der Waals surface area contributed by atoms with Gasteiger partial charge in [-0.3, -0.25) is 9.88 Å². The van der Waals surface area contributed by atoms with E-state index in [4.69, 9.17) is 14.5 Å². The summed E-state index contributed by atoms with van der Waals surface area (Å²) in [5.74, 6) is 0.533. The summed E-state index contributed by atoms with van der Waals surface area (Å²) in [6.07, 6.45) is 1.57. The van der Waals surface area contributed by atoms with Crippen LogP contribution in [0.2, 0.25) is 0 Å². The minimum absolute atomic E-state index is 0.139. The van der Waals surface area contributed by atoms with Gasteiger partial charge in [0, 0.05) is 43.0 Å². The Balaban J connectivity index is 1.33. The van der Waals surface area contributed by atoms with Crippen LogP contribution in [0.4, 0.5) is 0 Å². The number of nitrogens with zero attached hydrogens (tertiary/aromatic N) is 4. The summed E-state index contributed by atoms with van der Waals surface area (Å²) in [6.45, 7) is 8.80. The van der Waals surface area contributed by atoms with Gasteiger partial charge in [-0.25, -0.2) is 4.79 Å². The molecule has 1 saturated heterocycles. The number of carbonyl (C=O) groups is 1. The van der Waals surface area contributed by atoms with E-state index in [0.29, 0.717) is 41.7 Å². The van der Waals surface area contributed by atoms with E-state index in [1.165, 1.54) is 5.56 Å². The topological polar surface area (TPSA) is 104 Å². The number of nitrogens with one attached hydrogen (secondary N) is 1. The standard InChI is InChI=1S/C25H25N5O3/c1-14-6-22(27-9-17(14)8-26)23-7-18(33-29-23)11-30-10-15(2)28-24(12-30)19-4-5-20-21(16(19)3)13-32-25(20)31/h4-7,9,15,24,28H,10-13H2,1-3H3/t15-,24-/m0/s1. The average molecular weight is 444 g/mol. The van der Waals surface area contributed by atoms with E-state index < -0.39 is 0 Å². The fourth-order valence-corrected chi connectivity index (χ4v) is 4.77. The van der Waals surface area contributed by atoms with E-state index in [9.17, 15) is 4.79 Å². The predicted octanol–water partition coefficient (Wildman–Crippen LogP) is 3.43. The Bertz CT molecular complexity index is 1280. The largest absolute Gasteiger partial charge is 0.457 e. The number of fused-ring (bicyclic) bond motifs is 1. The molecule has 168 valence electrons. The number of benzene rings is 1. The second kappa shape index (κ2) is 8.43. The molecular formula is C25H25N5O3. The first-order valence-electron chi connectivity index (χ1n) is 11.0. The lowest BCUT2D eigenvalue weighted by molar-refractivity contribution is 0.0535. The SMILES string of the molecule is Cc1cc(-c2cc(CN3C[C@@H](c4ccc5c(c4C)COC5=O)N[C@@H](C)C3)on2)ncc1C#N. The number of cyclic esters (lactones) is 1. The fourth-order valence-electron chi connectivity index (χ4n) is 4.77. The van der Waals surface area contributed by atoms with Crippen LogP contribution in [-0.4, -0.2) is 40.1 Å². The van der Waals surface area contributed by atoms with E-state index >= 15 is 0 Å². The Morgan fingerprint density at radius 3 is 2.88 bits per heavy atom. The molecule has 5 rings (SSSR count). The maximum atomic E-state index is 11.9. The van der Waals surface area contributed by atoms with Crippen molar-refractivity contribution in [3.63, 3.8) is 0 Å². The number of ether oxygens (including phenoxy) is 1. The van der Waals surface area contributed by atoms with Crippen LogP contribution in [0.5, 0.6) is 0 Å². The molecule has 1 fully saturated rings. The lowest BCUT2D eigenvalue weighted by Gasteiger charge is -2.38. The van der Waals surface area contributed by atoms with Crippen molar-refractivity contribution in [3.8, 4) is 17.5 Å². The van der Waals surface area contributed by atoms with Crippen molar-refractivity contribution in [2.24, 2.45) is 0 Å². The first kappa shape index (κ1) is 21.3. The Labute approximate surface area is 192 Å². The third-order valence-electron chi connectivity index (χ3n) is 6.47. The first-order chi connectivity index (χ1) is 15.9.